The summed E-state index contributed by atoms with van der Waals surface area (Å²) in [5.74, 6) is -2.97. The van der Waals surface area contributed by atoms with E-state index in [4.69, 9.17) is 46.9 Å². The van der Waals surface area contributed by atoms with E-state index in [0.29, 0.717) is 38.5 Å². The van der Waals surface area contributed by atoms with Crippen LogP contribution in [0.25, 0.3) is 0 Å². The standard InChI is InChI=1S/C90H167O25P/c1-5-9-13-17-21-25-29-33-35-37-41-42-46-50-54-58-62-73(92)106-67-70(109-75(94)64-60-56-52-48-44-38-31-27-23-19-15-11-7-3)68-108-116(104,105)115-88-86(113-89-83(102)79(98)77(96)71(66-91)110-89)82(101)81(100)85(112-76(95)65-61-57-53-49-45-39-32-28-24-20-16-12-8-4)87(88)114-90-84(103)80(99)78(97)72(111-90)69-107-74(93)63-59-55-51-47-43-40-36-34-30-26-22-18-14-10-6-2/h38,44,70-72,77-91,96-103H,5-37,39-43,45-69H2,1-4H3,(H,104,105)/b44-38-. The lowest BCUT2D eigenvalue weighted by atomic mass is 9.84. The summed E-state index contributed by atoms with van der Waals surface area (Å²) in [6.07, 6.45) is 27.9. The maximum absolute atomic E-state index is 14.9. The van der Waals surface area contributed by atoms with Gasteiger partial charge >= 0.3 is 31.7 Å². The molecule has 0 amide bonds. The average molecular weight is 1680 g/mol. The van der Waals surface area contributed by atoms with Gasteiger partial charge in [0, 0.05) is 25.7 Å². The Bertz CT molecular complexity index is 2460. The second-order valence-corrected chi connectivity index (χ2v) is 34.9. The number of allylic oxidation sites excluding steroid dienone is 2. The Hall–Kier alpha value is -2.79. The van der Waals surface area contributed by atoms with Gasteiger partial charge in [0.15, 0.2) is 24.8 Å². The number of phosphoric ester groups is 1. The molecule has 0 aromatic carbocycles. The van der Waals surface area contributed by atoms with E-state index in [1.807, 2.05) is 0 Å². The molecule has 0 radical (unpaired) electrons. The lowest BCUT2D eigenvalue weighted by Crippen LogP contribution is -2.70. The molecule has 26 heteroatoms. The van der Waals surface area contributed by atoms with Crippen molar-refractivity contribution in [3.8, 4) is 0 Å². The molecule has 3 fully saturated rings. The van der Waals surface area contributed by atoms with Crippen molar-refractivity contribution >= 4 is 31.7 Å². The molecule has 3 aliphatic rings. The summed E-state index contributed by atoms with van der Waals surface area (Å²) in [6.45, 7) is 5.59. The molecule has 25 nitrogen and oxygen atoms in total. The molecule has 0 aromatic heterocycles. The monoisotopic (exact) mass is 1680 g/mol. The van der Waals surface area contributed by atoms with Crippen LogP contribution in [0.15, 0.2) is 12.2 Å². The van der Waals surface area contributed by atoms with Crippen LogP contribution in [0.1, 0.15) is 407 Å². The molecule has 2 saturated heterocycles. The highest BCUT2D eigenvalue weighted by atomic mass is 31.2. The van der Waals surface area contributed by atoms with E-state index in [-0.39, 0.29) is 25.7 Å². The van der Waals surface area contributed by atoms with Crippen molar-refractivity contribution in [1.29, 1.82) is 0 Å². The summed E-state index contributed by atoms with van der Waals surface area (Å²) in [5, 5.41) is 102. The zero-order valence-corrected chi connectivity index (χ0v) is 73.5. The lowest BCUT2D eigenvalue weighted by Gasteiger charge is -2.50. The van der Waals surface area contributed by atoms with Gasteiger partial charge < -0.3 is 88.7 Å². The van der Waals surface area contributed by atoms with Crippen molar-refractivity contribution < 1.29 is 122 Å². The van der Waals surface area contributed by atoms with Gasteiger partial charge in [0.2, 0.25) is 0 Å². The topological polar surface area (TPSA) is 380 Å². The van der Waals surface area contributed by atoms with Crippen molar-refractivity contribution in [2.45, 2.75) is 511 Å². The predicted molar refractivity (Wildman–Crippen MR) is 449 cm³/mol. The Kier molecular flexibility index (Phi) is 64.4. The van der Waals surface area contributed by atoms with E-state index in [0.717, 1.165) is 122 Å². The minimum Gasteiger partial charge on any atom is -0.463 e. The first-order valence-electron chi connectivity index (χ1n) is 46.9. The van der Waals surface area contributed by atoms with Crippen molar-refractivity contribution in [3.05, 3.63) is 12.2 Å². The summed E-state index contributed by atoms with van der Waals surface area (Å²) < 4.78 is 73.4. The molecular weight excluding hydrogens is 1510 g/mol. The molecule has 2 heterocycles. The van der Waals surface area contributed by atoms with Crippen LogP contribution in [0.4, 0.5) is 0 Å². The van der Waals surface area contributed by atoms with Crippen molar-refractivity contribution in [1.82, 2.24) is 0 Å². The van der Waals surface area contributed by atoms with Crippen LogP contribution in [0, 0.1) is 0 Å². The molecule has 0 bridgehead atoms. The first-order valence-corrected chi connectivity index (χ1v) is 48.4. The van der Waals surface area contributed by atoms with Gasteiger partial charge in [-0.2, -0.15) is 0 Å². The predicted octanol–water partition coefficient (Wildman–Crippen LogP) is 17.2. The highest BCUT2D eigenvalue weighted by Gasteiger charge is 2.60. The first kappa shape index (κ1) is 107. The van der Waals surface area contributed by atoms with E-state index >= 15 is 0 Å². The molecule has 0 aromatic rings. The van der Waals surface area contributed by atoms with E-state index in [1.165, 1.54) is 193 Å². The van der Waals surface area contributed by atoms with E-state index in [9.17, 15) is 74.6 Å². The summed E-state index contributed by atoms with van der Waals surface area (Å²) in [4.78, 5) is 66.4. The lowest BCUT2D eigenvalue weighted by molar-refractivity contribution is -0.360. The van der Waals surface area contributed by atoms with Crippen molar-refractivity contribution in [2.75, 3.05) is 26.4 Å². The van der Waals surface area contributed by atoms with Gasteiger partial charge in [-0.1, -0.05) is 342 Å². The third kappa shape index (κ3) is 49.5. The van der Waals surface area contributed by atoms with Gasteiger partial charge in [-0.15, -0.1) is 0 Å². The normalized spacial score (nSPS) is 25.2. The Morgan fingerprint density at radius 3 is 1.03 bits per heavy atom. The Morgan fingerprint density at radius 1 is 0.336 bits per heavy atom. The Morgan fingerprint density at radius 2 is 0.647 bits per heavy atom. The SMILES string of the molecule is CCCCCCCC/C=C\CCCCCC(=O)OC(COC(=O)CCCCCCCCCCCCCCCCCC)COP(=O)(O)OC1C(OC2OC(CO)C(O)C(O)C2O)C(O)C(O)C(OC(=O)CCCCCCCCCCCCCCC)C1OC1OC(COC(=O)CCCCCCCCCCCCCCCCC)C(O)C(O)C1O. The van der Waals surface area contributed by atoms with Crippen LogP contribution in [0.5, 0.6) is 0 Å². The van der Waals surface area contributed by atoms with Gasteiger partial charge in [0.1, 0.15) is 92.6 Å². The molecule has 18 atom stereocenters. The summed E-state index contributed by atoms with van der Waals surface area (Å²) in [6, 6.07) is 0. The smallest absolute Gasteiger partial charge is 0.463 e. The van der Waals surface area contributed by atoms with Gasteiger partial charge in [-0.3, -0.25) is 28.2 Å². The van der Waals surface area contributed by atoms with Crippen LogP contribution in [-0.2, 0) is 70.7 Å². The van der Waals surface area contributed by atoms with Gasteiger partial charge in [-0.25, -0.2) is 4.57 Å². The van der Waals surface area contributed by atoms with Crippen LogP contribution in [0.2, 0.25) is 0 Å². The fourth-order valence-corrected chi connectivity index (χ4v) is 16.5. The van der Waals surface area contributed by atoms with Crippen LogP contribution in [0.3, 0.4) is 0 Å². The molecule has 116 heavy (non-hydrogen) atoms. The molecule has 10 N–H and O–H groups in total. The second kappa shape index (κ2) is 69.6. The molecule has 3 rings (SSSR count). The van der Waals surface area contributed by atoms with Crippen LogP contribution >= 0.6 is 7.82 Å². The number of aliphatic hydroxyl groups excluding tert-OH is 9. The highest BCUT2D eigenvalue weighted by molar-refractivity contribution is 7.47. The quantitative estimate of drug-likeness (QED) is 0.00889. The van der Waals surface area contributed by atoms with E-state index in [1.54, 1.807) is 0 Å². The summed E-state index contributed by atoms with van der Waals surface area (Å²) in [7, 11) is -5.81. The Balaban J connectivity index is 1.91. The molecule has 18 unspecified atom stereocenters. The van der Waals surface area contributed by atoms with Gasteiger partial charge in [-0.05, 0) is 51.4 Å². The van der Waals surface area contributed by atoms with Gasteiger partial charge in [0.05, 0.1) is 13.2 Å². The number of esters is 4. The number of aliphatic hydroxyl groups is 9. The second-order valence-electron chi connectivity index (χ2n) is 33.5. The molecule has 2 aliphatic heterocycles. The fraction of sp³-hybridized carbons (Fsp3) is 0.933. The minimum atomic E-state index is -5.81. The number of hydrogen-bond acceptors (Lipinski definition) is 24. The summed E-state index contributed by atoms with van der Waals surface area (Å²) >= 11 is 0. The van der Waals surface area contributed by atoms with Crippen LogP contribution in [-0.4, -0.2) is 205 Å². The van der Waals surface area contributed by atoms with E-state index < -0.39 is 162 Å². The number of rotatable bonds is 76. The first-order chi connectivity index (χ1) is 56.2. The fourth-order valence-electron chi connectivity index (χ4n) is 15.5. The third-order valence-corrected chi connectivity index (χ3v) is 24.0. The van der Waals surface area contributed by atoms with E-state index in [2.05, 4.69) is 39.8 Å². The number of phosphoric acid groups is 1. The zero-order valence-electron chi connectivity index (χ0n) is 72.6. The zero-order chi connectivity index (χ0) is 84.7. The largest absolute Gasteiger partial charge is 0.472 e. The van der Waals surface area contributed by atoms with Crippen LogP contribution < -0.4 is 0 Å². The highest BCUT2D eigenvalue weighted by Crippen LogP contribution is 2.49. The number of carbonyl (C=O) groups is 4. The van der Waals surface area contributed by atoms with Gasteiger partial charge in [0.25, 0.3) is 0 Å². The molecule has 682 valence electrons. The summed E-state index contributed by atoms with van der Waals surface area (Å²) in [5.41, 5.74) is 0. The third-order valence-electron chi connectivity index (χ3n) is 23.0. The molecule has 1 aliphatic carbocycles. The van der Waals surface area contributed by atoms with Crippen molar-refractivity contribution in [3.63, 3.8) is 0 Å². The number of hydrogen-bond donors (Lipinski definition) is 10. The Labute approximate surface area is 699 Å². The number of ether oxygens (including phenoxy) is 8. The minimum absolute atomic E-state index is 0.0184. The maximum atomic E-state index is 14.9. The molecule has 1 saturated carbocycles. The molecule has 0 spiro atoms. The average Bonchev–Trinajstić information content (AvgIpc) is 0.760. The number of unbranched alkanes of at least 4 members (excludes halogenated alkanes) is 50. The maximum Gasteiger partial charge on any atom is 0.472 e. The van der Waals surface area contributed by atoms with Crippen molar-refractivity contribution in [2.24, 2.45) is 0 Å². The number of carbonyl (C=O) groups excluding carboxylic acids is 4. The molecular formula is C90H167O25P.